The highest BCUT2D eigenvalue weighted by Crippen LogP contribution is 2.48. The van der Waals surface area contributed by atoms with Gasteiger partial charge in [0.05, 0.1) is 23.5 Å². The third kappa shape index (κ3) is 6.26. The molecule has 3 N–H and O–H groups in total. The van der Waals surface area contributed by atoms with E-state index in [4.69, 9.17) is 4.74 Å². The standard InChI is InChI=1S/C27H37FN4O3S/c1-26(2,3)36(34)32-27(19-9-10-19,24-7-5-6-14-29-24)13-12-18-8-11-21(28)22(15-18)31-25(33)23-16-20(35-4)17-30-23/h5-8,11,14-15,19-20,23,30,32H,9-10,12-13,16-17H2,1-4H3,(H,31,33)/t20-,23-,27+,36+/m1/s1. The van der Waals surface area contributed by atoms with Crippen molar-refractivity contribution in [3.05, 3.63) is 59.7 Å². The molecule has 2 aromatic rings. The highest BCUT2D eigenvalue weighted by atomic mass is 32.2. The van der Waals surface area contributed by atoms with Gasteiger partial charge in [-0.3, -0.25) is 9.78 Å². The second-order valence-electron chi connectivity index (χ2n) is 10.8. The molecule has 9 heteroatoms. The van der Waals surface area contributed by atoms with Gasteiger partial charge in [-0.2, -0.15) is 0 Å². The quantitative estimate of drug-likeness (QED) is 0.415. The van der Waals surface area contributed by atoms with Gasteiger partial charge in [-0.15, -0.1) is 4.72 Å². The van der Waals surface area contributed by atoms with Crippen molar-refractivity contribution in [2.45, 2.75) is 75.3 Å². The molecule has 2 aliphatic rings. The molecule has 1 aliphatic heterocycles. The molecule has 0 spiro atoms. The fraction of sp³-hybridized carbons (Fsp3) is 0.556. The molecule has 36 heavy (non-hydrogen) atoms. The third-order valence-corrected chi connectivity index (χ3v) is 8.73. The van der Waals surface area contributed by atoms with Gasteiger partial charge in [-0.25, -0.2) is 4.39 Å². The number of hydrogen-bond acceptors (Lipinski definition) is 6. The van der Waals surface area contributed by atoms with E-state index in [2.05, 4.69) is 20.3 Å². The first-order chi connectivity index (χ1) is 17.1. The molecule has 1 amide bonds. The van der Waals surface area contributed by atoms with E-state index in [9.17, 15) is 13.7 Å². The van der Waals surface area contributed by atoms with Gasteiger partial charge in [-0.05, 0) is 88.6 Å². The highest BCUT2D eigenvalue weighted by Gasteiger charge is 2.51. The number of carbonyl (C=O) groups excluding carboxylic acids is 1. The number of rotatable bonds is 10. The maximum atomic E-state index is 14.6. The predicted molar refractivity (Wildman–Crippen MR) is 140 cm³/mol. The van der Waals surface area contributed by atoms with Crippen molar-refractivity contribution in [3.8, 4) is 0 Å². The maximum Gasteiger partial charge on any atom is 0.241 e. The van der Waals surface area contributed by atoms with E-state index < -0.39 is 33.5 Å². The number of pyridine rings is 1. The molecule has 1 aliphatic carbocycles. The van der Waals surface area contributed by atoms with Crippen molar-refractivity contribution in [2.24, 2.45) is 5.92 Å². The zero-order valence-corrected chi connectivity index (χ0v) is 22.3. The van der Waals surface area contributed by atoms with Crippen LogP contribution in [-0.4, -0.2) is 46.0 Å². The lowest BCUT2D eigenvalue weighted by Gasteiger charge is -2.37. The number of benzene rings is 1. The van der Waals surface area contributed by atoms with E-state index in [0.717, 1.165) is 24.1 Å². The van der Waals surface area contributed by atoms with E-state index in [1.165, 1.54) is 6.07 Å². The smallest absolute Gasteiger partial charge is 0.241 e. The largest absolute Gasteiger partial charge is 0.598 e. The van der Waals surface area contributed by atoms with E-state index in [1.54, 1.807) is 25.4 Å². The van der Waals surface area contributed by atoms with Crippen molar-refractivity contribution in [1.82, 2.24) is 15.0 Å². The Hall–Kier alpha value is -2.04. The Morgan fingerprint density at radius 2 is 2.06 bits per heavy atom. The molecule has 1 aromatic heterocycles. The third-order valence-electron chi connectivity index (χ3n) is 7.06. The van der Waals surface area contributed by atoms with Crippen molar-refractivity contribution in [3.63, 3.8) is 0 Å². The molecule has 2 fully saturated rings. The molecule has 4 atom stereocenters. The second-order valence-corrected chi connectivity index (χ2v) is 12.8. The summed E-state index contributed by atoms with van der Waals surface area (Å²) in [6.45, 7) is 6.45. The van der Waals surface area contributed by atoms with Crippen LogP contribution in [0, 0.1) is 11.7 Å². The fourth-order valence-electron chi connectivity index (χ4n) is 4.72. The van der Waals surface area contributed by atoms with Gasteiger partial charge in [0.1, 0.15) is 16.1 Å². The van der Waals surface area contributed by atoms with Crippen LogP contribution in [0.15, 0.2) is 42.6 Å². The molecular weight excluding hydrogens is 479 g/mol. The Balaban J connectivity index is 1.53. The van der Waals surface area contributed by atoms with Gasteiger partial charge in [0.2, 0.25) is 5.91 Å². The van der Waals surface area contributed by atoms with Crippen LogP contribution in [0.4, 0.5) is 10.1 Å². The highest BCUT2D eigenvalue weighted by molar-refractivity contribution is 7.90. The molecule has 7 nitrogen and oxygen atoms in total. The number of aromatic nitrogens is 1. The van der Waals surface area contributed by atoms with Crippen molar-refractivity contribution in [2.75, 3.05) is 19.0 Å². The summed E-state index contributed by atoms with van der Waals surface area (Å²) in [4.78, 5) is 17.4. The van der Waals surface area contributed by atoms with Gasteiger partial charge in [0.15, 0.2) is 0 Å². The number of hydrogen-bond donors (Lipinski definition) is 3. The van der Waals surface area contributed by atoms with Crippen LogP contribution in [0.1, 0.15) is 57.7 Å². The van der Waals surface area contributed by atoms with Crippen molar-refractivity contribution in [1.29, 1.82) is 0 Å². The SMILES string of the molecule is CO[C@H]1CN[C@@H](C(=O)Nc2cc(CC[C@@](N[S@@+]([O-])C(C)(C)C)(c3ccccn3)C3CC3)ccc2F)C1. The summed E-state index contributed by atoms with van der Waals surface area (Å²) in [6.07, 6.45) is 5.62. The van der Waals surface area contributed by atoms with Crippen LogP contribution >= 0.6 is 0 Å². The number of nitrogens with zero attached hydrogens (tertiary/aromatic N) is 1. The number of amides is 1. The Kier molecular flexibility index (Phi) is 8.36. The molecule has 0 unspecified atom stereocenters. The zero-order valence-electron chi connectivity index (χ0n) is 21.5. The Morgan fingerprint density at radius 1 is 1.28 bits per heavy atom. The van der Waals surface area contributed by atoms with Crippen LogP contribution in [0.2, 0.25) is 0 Å². The number of carbonyl (C=O) groups is 1. The number of anilines is 1. The molecule has 1 aromatic carbocycles. The summed E-state index contributed by atoms with van der Waals surface area (Å²) in [5, 5.41) is 5.87. The van der Waals surface area contributed by atoms with Crippen LogP contribution in [0.25, 0.3) is 0 Å². The number of ether oxygens (including phenoxy) is 1. The Labute approximate surface area is 216 Å². The minimum absolute atomic E-state index is 0.0229. The summed E-state index contributed by atoms with van der Waals surface area (Å²) in [5.74, 6) is -0.423. The van der Waals surface area contributed by atoms with Crippen LogP contribution in [0.3, 0.4) is 0 Å². The fourth-order valence-corrected chi connectivity index (χ4v) is 5.73. The zero-order chi connectivity index (χ0) is 25.9. The minimum Gasteiger partial charge on any atom is -0.598 e. The van der Waals surface area contributed by atoms with Crippen LogP contribution in [-0.2, 0) is 32.9 Å². The molecular formula is C27H37FN4O3S. The Morgan fingerprint density at radius 3 is 2.67 bits per heavy atom. The first-order valence-corrected chi connectivity index (χ1v) is 13.7. The number of methoxy groups -OCH3 is 1. The number of nitrogens with one attached hydrogen (secondary N) is 3. The average Bonchev–Trinajstić information content (AvgIpc) is 3.60. The summed E-state index contributed by atoms with van der Waals surface area (Å²) in [6, 6.07) is 10.3. The van der Waals surface area contributed by atoms with E-state index >= 15 is 0 Å². The first kappa shape index (κ1) is 27.0. The molecule has 4 rings (SSSR count). The number of halogens is 1. The lowest BCUT2D eigenvalue weighted by molar-refractivity contribution is -0.118. The molecule has 2 heterocycles. The molecule has 0 bridgehead atoms. The molecule has 1 saturated heterocycles. The van der Waals surface area contributed by atoms with Gasteiger partial charge in [0.25, 0.3) is 0 Å². The summed E-state index contributed by atoms with van der Waals surface area (Å²) in [5.41, 5.74) is 1.38. The van der Waals surface area contributed by atoms with Gasteiger partial charge in [0, 0.05) is 31.2 Å². The monoisotopic (exact) mass is 516 g/mol. The lowest BCUT2D eigenvalue weighted by atomic mass is 9.84. The second kappa shape index (κ2) is 11.1. The summed E-state index contributed by atoms with van der Waals surface area (Å²) >= 11 is -1.29. The summed E-state index contributed by atoms with van der Waals surface area (Å²) in [7, 11) is 1.62. The molecule has 0 radical (unpaired) electrons. The van der Waals surface area contributed by atoms with Gasteiger partial charge < -0.3 is 19.9 Å². The van der Waals surface area contributed by atoms with Crippen LogP contribution < -0.4 is 15.4 Å². The molecule has 196 valence electrons. The van der Waals surface area contributed by atoms with Crippen molar-refractivity contribution < 1.29 is 18.5 Å². The van der Waals surface area contributed by atoms with E-state index in [1.807, 2.05) is 39.0 Å². The average molecular weight is 517 g/mol. The topological polar surface area (TPSA) is 98.3 Å². The summed E-state index contributed by atoms with van der Waals surface area (Å²) < 4.78 is 36.2. The van der Waals surface area contributed by atoms with Crippen LogP contribution in [0.5, 0.6) is 0 Å². The van der Waals surface area contributed by atoms with Gasteiger partial charge >= 0.3 is 0 Å². The van der Waals surface area contributed by atoms with Gasteiger partial charge in [-0.1, -0.05) is 12.1 Å². The normalized spacial score (nSPS) is 22.7. The van der Waals surface area contributed by atoms with Crippen molar-refractivity contribution >= 4 is 23.0 Å². The number of aryl methyl sites for hydroxylation is 1. The van der Waals surface area contributed by atoms with E-state index in [0.29, 0.717) is 31.7 Å². The van der Waals surface area contributed by atoms with E-state index in [-0.39, 0.29) is 17.7 Å². The first-order valence-electron chi connectivity index (χ1n) is 12.6. The minimum atomic E-state index is -1.29. The predicted octanol–water partition coefficient (Wildman–Crippen LogP) is 3.83. The Bertz CT molecular complexity index is 1050. The molecule has 1 saturated carbocycles. The lowest BCUT2D eigenvalue weighted by Crippen LogP contribution is -2.53. The maximum absolute atomic E-state index is 14.6.